The van der Waals surface area contributed by atoms with E-state index in [9.17, 15) is 9.59 Å². The first kappa shape index (κ1) is 16.5. The van der Waals surface area contributed by atoms with Crippen LogP contribution in [0.1, 0.15) is 45.1 Å². The van der Waals surface area contributed by atoms with E-state index in [4.69, 9.17) is 4.74 Å². The highest BCUT2D eigenvalue weighted by molar-refractivity contribution is 6.00. The second-order valence-electron chi connectivity index (χ2n) is 5.71. The van der Waals surface area contributed by atoms with Crippen LogP contribution in [0.2, 0.25) is 0 Å². The number of aromatic nitrogens is 1. The van der Waals surface area contributed by atoms with Gasteiger partial charge in [-0.2, -0.15) is 0 Å². The molecule has 1 aromatic rings. The van der Waals surface area contributed by atoms with Gasteiger partial charge < -0.3 is 4.74 Å². The van der Waals surface area contributed by atoms with Crippen LogP contribution >= 0.6 is 0 Å². The van der Waals surface area contributed by atoms with Gasteiger partial charge in [0, 0.05) is 24.9 Å². The molecule has 5 heteroatoms. The molecule has 2 unspecified atom stereocenters. The van der Waals surface area contributed by atoms with Crippen LogP contribution in [0.5, 0.6) is 0 Å². The number of imide groups is 1. The van der Waals surface area contributed by atoms with Gasteiger partial charge in [-0.3, -0.25) is 9.78 Å². The first-order valence-corrected chi connectivity index (χ1v) is 8.08. The molecule has 1 aliphatic heterocycles. The van der Waals surface area contributed by atoms with Crippen molar-refractivity contribution in [1.82, 2.24) is 9.88 Å². The molecule has 1 fully saturated rings. The zero-order valence-electron chi connectivity index (χ0n) is 13.3. The van der Waals surface area contributed by atoms with Gasteiger partial charge >= 0.3 is 6.09 Å². The standard InChI is InChI=1S/C17H24N2O3/c1-3-5-6-14(4-2)15-16(20)19(17(21)22-15)12-9-13-7-10-18-11-8-13/h7-8,10-11,14-15H,3-6,9,12H2,1-2H3. The van der Waals surface area contributed by atoms with Crippen LogP contribution < -0.4 is 0 Å². The summed E-state index contributed by atoms with van der Waals surface area (Å²) in [7, 11) is 0. The number of ether oxygens (including phenoxy) is 1. The first-order chi connectivity index (χ1) is 10.7. The molecule has 2 amide bonds. The third-order valence-corrected chi connectivity index (χ3v) is 4.21. The van der Waals surface area contributed by atoms with Crippen LogP contribution in [0.4, 0.5) is 4.79 Å². The molecule has 1 aromatic heterocycles. The average Bonchev–Trinajstić information content (AvgIpc) is 2.82. The quantitative estimate of drug-likeness (QED) is 0.740. The van der Waals surface area contributed by atoms with Gasteiger partial charge in [-0.25, -0.2) is 9.69 Å². The predicted molar refractivity (Wildman–Crippen MR) is 83.2 cm³/mol. The minimum absolute atomic E-state index is 0.127. The number of amides is 2. The highest BCUT2D eigenvalue weighted by Crippen LogP contribution is 2.26. The van der Waals surface area contributed by atoms with Gasteiger partial charge in [0.05, 0.1) is 0 Å². The monoisotopic (exact) mass is 304 g/mol. The summed E-state index contributed by atoms with van der Waals surface area (Å²) in [5.41, 5.74) is 1.05. The van der Waals surface area contributed by atoms with Crippen molar-refractivity contribution in [1.29, 1.82) is 0 Å². The maximum atomic E-state index is 12.5. The molecule has 120 valence electrons. The van der Waals surface area contributed by atoms with E-state index in [1.165, 1.54) is 4.90 Å². The molecule has 2 atom stereocenters. The van der Waals surface area contributed by atoms with Crippen molar-refractivity contribution in [3.8, 4) is 0 Å². The summed E-state index contributed by atoms with van der Waals surface area (Å²) in [4.78, 5) is 29.7. The maximum absolute atomic E-state index is 12.5. The summed E-state index contributed by atoms with van der Waals surface area (Å²) in [5.74, 6) is -0.0515. The third-order valence-electron chi connectivity index (χ3n) is 4.21. The van der Waals surface area contributed by atoms with Crippen molar-refractivity contribution in [3.05, 3.63) is 30.1 Å². The zero-order valence-corrected chi connectivity index (χ0v) is 13.3. The Morgan fingerprint density at radius 2 is 2.00 bits per heavy atom. The number of hydrogen-bond acceptors (Lipinski definition) is 4. The summed E-state index contributed by atoms with van der Waals surface area (Å²) < 4.78 is 5.35. The molecular weight excluding hydrogens is 280 g/mol. The number of carbonyl (C=O) groups excluding carboxylic acids is 2. The minimum atomic E-state index is -0.596. The lowest BCUT2D eigenvalue weighted by molar-refractivity contribution is -0.131. The lowest BCUT2D eigenvalue weighted by Gasteiger charge is -2.18. The van der Waals surface area contributed by atoms with Crippen LogP contribution in [-0.2, 0) is 16.0 Å². The van der Waals surface area contributed by atoms with Gasteiger partial charge in [0.15, 0.2) is 6.10 Å². The molecule has 5 nitrogen and oxygen atoms in total. The van der Waals surface area contributed by atoms with Gasteiger partial charge in [0.1, 0.15) is 0 Å². The van der Waals surface area contributed by atoms with Crippen molar-refractivity contribution in [2.24, 2.45) is 5.92 Å². The third kappa shape index (κ3) is 3.84. The maximum Gasteiger partial charge on any atom is 0.417 e. The number of unbranched alkanes of at least 4 members (excludes halogenated alkanes) is 1. The molecule has 0 saturated carbocycles. The second-order valence-corrected chi connectivity index (χ2v) is 5.71. The van der Waals surface area contributed by atoms with Crippen LogP contribution in [0.15, 0.2) is 24.5 Å². The minimum Gasteiger partial charge on any atom is -0.435 e. The Labute approximate surface area is 131 Å². The van der Waals surface area contributed by atoms with E-state index < -0.39 is 12.2 Å². The first-order valence-electron chi connectivity index (χ1n) is 8.08. The van der Waals surface area contributed by atoms with E-state index in [-0.39, 0.29) is 11.8 Å². The molecule has 0 aromatic carbocycles. The summed E-state index contributed by atoms with van der Waals surface area (Å²) in [6.07, 6.45) is 6.85. The van der Waals surface area contributed by atoms with Crippen LogP contribution in [0.25, 0.3) is 0 Å². The summed E-state index contributed by atoms with van der Waals surface area (Å²) in [6, 6.07) is 3.78. The van der Waals surface area contributed by atoms with E-state index >= 15 is 0 Å². The highest BCUT2D eigenvalue weighted by atomic mass is 16.6. The summed E-state index contributed by atoms with van der Waals surface area (Å²) >= 11 is 0. The van der Waals surface area contributed by atoms with E-state index in [1.54, 1.807) is 12.4 Å². The van der Waals surface area contributed by atoms with E-state index in [0.717, 1.165) is 31.2 Å². The zero-order chi connectivity index (χ0) is 15.9. The Balaban J connectivity index is 1.96. The lowest BCUT2D eigenvalue weighted by atomic mass is 9.93. The van der Waals surface area contributed by atoms with Gasteiger partial charge in [-0.15, -0.1) is 0 Å². The van der Waals surface area contributed by atoms with Gasteiger partial charge in [0.2, 0.25) is 0 Å². The van der Waals surface area contributed by atoms with Gasteiger partial charge in [0.25, 0.3) is 5.91 Å². The van der Waals surface area contributed by atoms with Crippen LogP contribution in [0, 0.1) is 5.92 Å². The normalized spacial score (nSPS) is 19.4. The predicted octanol–water partition coefficient (Wildman–Crippen LogP) is 3.19. The van der Waals surface area contributed by atoms with Gasteiger partial charge in [-0.1, -0.05) is 26.7 Å². The summed E-state index contributed by atoms with van der Waals surface area (Å²) in [6.45, 7) is 4.53. The van der Waals surface area contributed by atoms with Crippen molar-refractivity contribution < 1.29 is 14.3 Å². The van der Waals surface area contributed by atoms with Crippen molar-refractivity contribution >= 4 is 12.0 Å². The van der Waals surface area contributed by atoms with E-state index in [2.05, 4.69) is 11.9 Å². The Morgan fingerprint density at radius 3 is 2.64 bits per heavy atom. The molecule has 2 heterocycles. The number of pyridine rings is 1. The number of cyclic esters (lactones) is 1. The Bertz CT molecular complexity index is 504. The Hall–Kier alpha value is -1.91. The molecule has 2 rings (SSSR count). The fourth-order valence-electron chi connectivity index (χ4n) is 2.79. The van der Waals surface area contributed by atoms with Gasteiger partial charge in [-0.05, 0) is 37.0 Å². The fraction of sp³-hybridized carbons (Fsp3) is 0.588. The summed E-state index contributed by atoms with van der Waals surface area (Å²) in [5, 5.41) is 0. The fourth-order valence-corrected chi connectivity index (χ4v) is 2.79. The topological polar surface area (TPSA) is 59.5 Å². The molecule has 0 bridgehead atoms. The van der Waals surface area contributed by atoms with E-state index in [0.29, 0.717) is 13.0 Å². The molecule has 0 radical (unpaired) electrons. The lowest BCUT2D eigenvalue weighted by Crippen LogP contribution is -2.35. The van der Waals surface area contributed by atoms with Crippen molar-refractivity contribution in [2.75, 3.05) is 6.54 Å². The van der Waals surface area contributed by atoms with Crippen molar-refractivity contribution in [2.45, 2.75) is 52.1 Å². The van der Waals surface area contributed by atoms with E-state index in [1.807, 2.05) is 19.1 Å². The molecule has 22 heavy (non-hydrogen) atoms. The van der Waals surface area contributed by atoms with Crippen LogP contribution in [-0.4, -0.2) is 34.5 Å². The Kier molecular flexibility index (Phi) is 5.92. The molecule has 1 saturated heterocycles. The van der Waals surface area contributed by atoms with Crippen LogP contribution in [0.3, 0.4) is 0 Å². The number of rotatable bonds is 8. The highest BCUT2D eigenvalue weighted by Gasteiger charge is 2.43. The number of nitrogens with zero attached hydrogens (tertiary/aromatic N) is 2. The van der Waals surface area contributed by atoms with Crippen molar-refractivity contribution in [3.63, 3.8) is 0 Å². The molecule has 0 aliphatic carbocycles. The number of carbonyl (C=O) groups is 2. The SMILES string of the molecule is CCCCC(CC)C1OC(=O)N(CCc2ccncc2)C1=O. The second kappa shape index (κ2) is 7.92. The number of hydrogen-bond donors (Lipinski definition) is 0. The Morgan fingerprint density at radius 1 is 1.27 bits per heavy atom. The molecule has 1 aliphatic rings. The molecule has 0 spiro atoms. The molecular formula is C17H24N2O3. The average molecular weight is 304 g/mol. The largest absolute Gasteiger partial charge is 0.435 e. The smallest absolute Gasteiger partial charge is 0.417 e. The molecule has 0 N–H and O–H groups in total.